The van der Waals surface area contributed by atoms with Crippen LogP contribution >= 0.6 is 0 Å². The van der Waals surface area contributed by atoms with E-state index in [2.05, 4.69) is 14.8 Å². The quantitative estimate of drug-likeness (QED) is 0.733. The molecule has 2 heterocycles. The smallest absolute Gasteiger partial charge is 0.326 e. The SMILES string of the molecule is COc1cncc(S(=O)(=O)NC(C)(Cn2cccn2)C(=O)O)c1. The molecule has 0 radical (unpaired) electrons. The molecule has 2 N–H and O–H groups in total. The lowest BCUT2D eigenvalue weighted by Gasteiger charge is -2.25. The topological polar surface area (TPSA) is 123 Å². The number of hydrogen-bond donors (Lipinski definition) is 2. The molecule has 1 unspecified atom stereocenters. The number of ether oxygens (including phenoxy) is 1. The van der Waals surface area contributed by atoms with Crippen molar-refractivity contribution in [2.24, 2.45) is 0 Å². The predicted octanol–water partition coefficient (Wildman–Crippen LogP) is 0.108. The zero-order chi connectivity index (χ0) is 17.1. The molecule has 10 heteroatoms. The number of carboxylic acid groups (broad SMARTS) is 1. The zero-order valence-corrected chi connectivity index (χ0v) is 13.3. The van der Waals surface area contributed by atoms with Crippen molar-refractivity contribution in [3.05, 3.63) is 36.9 Å². The van der Waals surface area contributed by atoms with Gasteiger partial charge in [-0.1, -0.05) is 0 Å². The van der Waals surface area contributed by atoms with Crippen molar-refractivity contribution >= 4 is 16.0 Å². The Morgan fingerprint density at radius 3 is 2.78 bits per heavy atom. The number of nitrogens with one attached hydrogen (secondary N) is 1. The Kier molecular flexibility index (Phi) is 4.66. The second kappa shape index (κ2) is 6.34. The van der Waals surface area contributed by atoms with Gasteiger partial charge in [-0.15, -0.1) is 0 Å². The average molecular weight is 340 g/mol. The molecule has 0 aromatic carbocycles. The number of methoxy groups -OCH3 is 1. The number of aromatic nitrogens is 3. The standard InChI is InChI=1S/C13H16N4O5S/c1-13(12(18)19,9-17-5-3-4-15-17)16-23(20,21)11-6-10(22-2)7-14-8-11/h3-8,16H,9H2,1-2H3,(H,18,19). The fourth-order valence-electron chi connectivity index (χ4n) is 1.87. The van der Waals surface area contributed by atoms with Gasteiger partial charge < -0.3 is 9.84 Å². The van der Waals surface area contributed by atoms with Gasteiger partial charge in [0.15, 0.2) is 0 Å². The third kappa shape index (κ3) is 3.85. The second-order valence-corrected chi connectivity index (χ2v) is 6.69. The van der Waals surface area contributed by atoms with Crippen LogP contribution in [0.25, 0.3) is 0 Å². The fraction of sp³-hybridized carbons (Fsp3) is 0.308. The van der Waals surface area contributed by atoms with Crippen molar-refractivity contribution in [1.82, 2.24) is 19.5 Å². The molecule has 0 bridgehead atoms. The van der Waals surface area contributed by atoms with E-state index in [4.69, 9.17) is 4.74 Å². The Bertz CT molecular complexity index is 790. The summed E-state index contributed by atoms with van der Waals surface area (Å²) in [5.74, 6) is -1.08. The van der Waals surface area contributed by atoms with E-state index < -0.39 is 21.5 Å². The summed E-state index contributed by atoms with van der Waals surface area (Å²) in [6.07, 6.45) is 5.48. The first-order valence-electron chi connectivity index (χ1n) is 6.51. The van der Waals surface area contributed by atoms with Crippen LogP contribution in [0, 0.1) is 0 Å². The minimum absolute atomic E-state index is 0.175. The van der Waals surface area contributed by atoms with E-state index in [9.17, 15) is 18.3 Å². The van der Waals surface area contributed by atoms with Gasteiger partial charge in [-0.2, -0.15) is 9.82 Å². The molecule has 1 atom stereocenters. The highest BCUT2D eigenvalue weighted by molar-refractivity contribution is 7.89. The first-order chi connectivity index (χ1) is 10.8. The van der Waals surface area contributed by atoms with Crippen molar-refractivity contribution < 1.29 is 23.1 Å². The van der Waals surface area contributed by atoms with Crippen LogP contribution in [0.15, 0.2) is 41.8 Å². The van der Waals surface area contributed by atoms with Crippen LogP contribution in [0.1, 0.15) is 6.92 Å². The van der Waals surface area contributed by atoms with E-state index in [1.807, 2.05) is 0 Å². The minimum Gasteiger partial charge on any atom is -0.495 e. The van der Waals surface area contributed by atoms with E-state index in [0.717, 1.165) is 6.20 Å². The van der Waals surface area contributed by atoms with Gasteiger partial charge in [-0.25, -0.2) is 8.42 Å². The zero-order valence-electron chi connectivity index (χ0n) is 12.5. The van der Waals surface area contributed by atoms with E-state index in [0.29, 0.717) is 0 Å². The molecular weight excluding hydrogens is 324 g/mol. The van der Waals surface area contributed by atoms with Crippen LogP contribution in [0.2, 0.25) is 0 Å². The lowest BCUT2D eigenvalue weighted by atomic mass is 10.1. The summed E-state index contributed by atoms with van der Waals surface area (Å²) in [7, 11) is -2.74. The van der Waals surface area contributed by atoms with Crippen LogP contribution in [0.5, 0.6) is 5.75 Å². The maximum Gasteiger partial charge on any atom is 0.326 e. The molecule has 0 fully saturated rings. The van der Waals surface area contributed by atoms with Crippen LogP contribution in [-0.2, 0) is 21.4 Å². The molecule has 0 saturated heterocycles. The summed E-state index contributed by atoms with van der Waals surface area (Å²) >= 11 is 0. The molecule has 2 aromatic heterocycles. The third-order valence-electron chi connectivity index (χ3n) is 3.10. The van der Waals surface area contributed by atoms with Crippen LogP contribution in [0.4, 0.5) is 0 Å². The number of carbonyl (C=O) groups is 1. The Hall–Kier alpha value is -2.46. The number of aliphatic carboxylic acids is 1. The minimum atomic E-state index is -4.11. The van der Waals surface area contributed by atoms with Crippen LogP contribution in [0.3, 0.4) is 0 Å². The van der Waals surface area contributed by atoms with Gasteiger partial charge in [-0.05, 0) is 13.0 Å². The van der Waals surface area contributed by atoms with Gasteiger partial charge in [0.2, 0.25) is 10.0 Å². The van der Waals surface area contributed by atoms with E-state index in [1.165, 1.54) is 37.2 Å². The molecular formula is C13H16N4O5S. The van der Waals surface area contributed by atoms with Crippen LogP contribution < -0.4 is 9.46 Å². The van der Waals surface area contributed by atoms with Gasteiger partial charge in [0.1, 0.15) is 16.2 Å². The summed E-state index contributed by atoms with van der Waals surface area (Å²) in [4.78, 5) is 15.1. The van der Waals surface area contributed by atoms with Crippen molar-refractivity contribution in [1.29, 1.82) is 0 Å². The van der Waals surface area contributed by atoms with Crippen molar-refractivity contribution in [2.45, 2.75) is 23.9 Å². The maximum atomic E-state index is 12.4. The predicted molar refractivity (Wildman–Crippen MR) is 79.4 cm³/mol. The molecule has 2 rings (SSSR count). The number of carboxylic acids is 1. The van der Waals surface area contributed by atoms with E-state index in [1.54, 1.807) is 12.3 Å². The summed E-state index contributed by atoms with van der Waals surface area (Å²) in [6.45, 7) is 1.09. The van der Waals surface area contributed by atoms with Gasteiger partial charge in [0.05, 0.1) is 19.9 Å². The number of hydrogen-bond acceptors (Lipinski definition) is 6. The molecule has 0 aliphatic carbocycles. The van der Waals surface area contributed by atoms with Gasteiger partial charge in [0, 0.05) is 24.7 Å². The molecule has 0 aliphatic heterocycles. The molecule has 9 nitrogen and oxygen atoms in total. The number of nitrogens with zero attached hydrogens (tertiary/aromatic N) is 3. The van der Waals surface area contributed by atoms with E-state index >= 15 is 0 Å². The summed E-state index contributed by atoms with van der Waals surface area (Å²) in [5, 5.41) is 13.3. The molecule has 2 aromatic rings. The molecule has 23 heavy (non-hydrogen) atoms. The number of rotatable bonds is 7. The van der Waals surface area contributed by atoms with Gasteiger partial charge in [-0.3, -0.25) is 14.5 Å². The van der Waals surface area contributed by atoms with Crippen LogP contribution in [-0.4, -0.2) is 46.9 Å². The Balaban J connectivity index is 2.32. The second-order valence-electron chi connectivity index (χ2n) is 5.01. The number of pyridine rings is 1. The van der Waals surface area contributed by atoms with Crippen molar-refractivity contribution in [3.63, 3.8) is 0 Å². The first kappa shape index (κ1) is 16.9. The third-order valence-corrected chi connectivity index (χ3v) is 4.67. The average Bonchev–Trinajstić information content (AvgIpc) is 2.99. The van der Waals surface area contributed by atoms with Crippen molar-refractivity contribution in [2.75, 3.05) is 7.11 Å². The highest BCUT2D eigenvalue weighted by atomic mass is 32.2. The monoisotopic (exact) mass is 340 g/mol. The largest absolute Gasteiger partial charge is 0.495 e. The highest BCUT2D eigenvalue weighted by Crippen LogP contribution is 2.18. The maximum absolute atomic E-state index is 12.4. The number of sulfonamides is 1. The molecule has 0 amide bonds. The Morgan fingerprint density at radius 2 is 2.22 bits per heavy atom. The highest BCUT2D eigenvalue weighted by Gasteiger charge is 2.39. The molecule has 0 saturated carbocycles. The molecule has 0 aliphatic rings. The van der Waals surface area contributed by atoms with E-state index in [-0.39, 0.29) is 17.2 Å². The summed E-state index contributed by atoms with van der Waals surface area (Å²) in [5.41, 5.74) is -1.78. The van der Waals surface area contributed by atoms with Gasteiger partial charge in [0.25, 0.3) is 0 Å². The lowest BCUT2D eigenvalue weighted by molar-refractivity contribution is -0.144. The summed E-state index contributed by atoms with van der Waals surface area (Å²) in [6, 6.07) is 2.87. The normalized spacial score (nSPS) is 14.2. The Labute approximate surface area is 133 Å². The first-order valence-corrected chi connectivity index (χ1v) is 7.99. The molecule has 0 spiro atoms. The lowest BCUT2D eigenvalue weighted by Crippen LogP contribution is -2.54. The van der Waals surface area contributed by atoms with Gasteiger partial charge >= 0.3 is 5.97 Å². The fourth-order valence-corrected chi connectivity index (χ4v) is 3.21. The Morgan fingerprint density at radius 1 is 1.48 bits per heavy atom. The summed E-state index contributed by atoms with van der Waals surface area (Å²) < 4.78 is 33.4. The van der Waals surface area contributed by atoms with Crippen molar-refractivity contribution in [3.8, 4) is 5.75 Å². The molecule has 124 valence electrons.